The van der Waals surface area contributed by atoms with Gasteiger partial charge in [-0.05, 0) is 30.3 Å². The molecule has 1 atom stereocenters. The van der Waals surface area contributed by atoms with E-state index >= 15 is 0 Å². The molecular weight excluding hydrogens is 176 g/mol. The van der Waals surface area contributed by atoms with Crippen LogP contribution in [0.1, 0.15) is 26.7 Å². The number of aliphatic carboxylic acids is 1. The first-order chi connectivity index (χ1) is 6.41. The van der Waals surface area contributed by atoms with Gasteiger partial charge in [-0.1, -0.05) is 26.5 Å². The van der Waals surface area contributed by atoms with Gasteiger partial charge in [0, 0.05) is 5.97 Å². The van der Waals surface area contributed by atoms with Gasteiger partial charge in [0.2, 0.25) is 0 Å². The summed E-state index contributed by atoms with van der Waals surface area (Å²) in [7, 11) is 0. The van der Waals surface area contributed by atoms with Crippen LogP contribution >= 0.6 is 0 Å². The Morgan fingerprint density at radius 1 is 1.64 bits per heavy atom. The van der Waals surface area contributed by atoms with Crippen LogP contribution in [0.25, 0.3) is 0 Å². The van der Waals surface area contributed by atoms with E-state index in [0.29, 0.717) is 6.42 Å². The number of carbonyl (C=O) groups is 1. The zero-order valence-electron chi connectivity index (χ0n) is 8.88. The lowest BCUT2D eigenvalue weighted by Gasteiger charge is -2.24. The van der Waals surface area contributed by atoms with Crippen LogP contribution in [-0.4, -0.2) is 5.97 Å². The number of allylic oxidation sites excluding steroid dienone is 2. The zero-order chi connectivity index (χ0) is 11.2. The van der Waals surface area contributed by atoms with Gasteiger partial charge in [0.25, 0.3) is 0 Å². The number of hydrogen-bond acceptors (Lipinski definition) is 2. The molecule has 0 rings (SSSR count). The third-order valence-electron chi connectivity index (χ3n) is 2.04. The highest BCUT2D eigenvalue weighted by Crippen LogP contribution is 2.28. The summed E-state index contributed by atoms with van der Waals surface area (Å²) in [4.78, 5) is 10.4. The molecule has 2 heteroatoms. The van der Waals surface area contributed by atoms with Crippen molar-refractivity contribution in [1.29, 1.82) is 0 Å². The van der Waals surface area contributed by atoms with Crippen molar-refractivity contribution < 1.29 is 9.90 Å². The van der Waals surface area contributed by atoms with Gasteiger partial charge in [0.15, 0.2) is 0 Å². The molecule has 0 aromatic carbocycles. The highest BCUT2D eigenvalue weighted by atomic mass is 16.4. The average molecular weight is 193 g/mol. The molecule has 0 saturated heterocycles. The van der Waals surface area contributed by atoms with Gasteiger partial charge in [0.1, 0.15) is 0 Å². The summed E-state index contributed by atoms with van der Waals surface area (Å²) in [5.74, 6) is -1.09. The van der Waals surface area contributed by atoms with Gasteiger partial charge in [-0.2, -0.15) is 0 Å². The first kappa shape index (κ1) is 12.7. The Bertz CT molecular complexity index is 257. The van der Waals surface area contributed by atoms with Crippen LogP contribution in [0.5, 0.6) is 0 Å². The minimum Gasteiger partial charge on any atom is -0.550 e. The van der Waals surface area contributed by atoms with Crippen molar-refractivity contribution >= 4 is 5.97 Å². The van der Waals surface area contributed by atoms with E-state index in [1.807, 2.05) is 19.9 Å². The third-order valence-corrected chi connectivity index (χ3v) is 2.04. The zero-order valence-corrected chi connectivity index (χ0v) is 8.88. The minimum absolute atomic E-state index is 0.0257. The summed E-state index contributed by atoms with van der Waals surface area (Å²) < 4.78 is 0. The summed E-state index contributed by atoms with van der Waals surface area (Å²) >= 11 is 0. The molecule has 0 amide bonds. The molecule has 0 radical (unpaired) electrons. The molecule has 0 spiro atoms. The van der Waals surface area contributed by atoms with E-state index in [0.717, 1.165) is 0 Å². The summed E-state index contributed by atoms with van der Waals surface area (Å²) in [6, 6.07) is 0. The second-order valence-electron chi connectivity index (χ2n) is 4.11. The molecule has 0 heterocycles. The highest BCUT2D eigenvalue weighted by Gasteiger charge is 2.18. The molecule has 0 N–H and O–H groups in total. The molecule has 0 aromatic rings. The highest BCUT2D eigenvalue weighted by molar-refractivity contribution is 5.64. The van der Waals surface area contributed by atoms with E-state index in [9.17, 15) is 9.90 Å². The van der Waals surface area contributed by atoms with Crippen LogP contribution in [0.3, 0.4) is 0 Å². The molecular formula is C12H17O2-. The fourth-order valence-electron chi connectivity index (χ4n) is 1.46. The quantitative estimate of drug-likeness (QED) is 0.475. The van der Waals surface area contributed by atoms with Crippen LogP contribution in [-0.2, 0) is 4.79 Å². The summed E-state index contributed by atoms with van der Waals surface area (Å²) in [6.07, 6.45) is 4.25. The fourth-order valence-corrected chi connectivity index (χ4v) is 1.46. The van der Waals surface area contributed by atoms with Crippen molar-refractivity contribution in [2.24, 2.45) is 11.3 Å². The molecule has 1 unspecified atom stereocenters. The summed E-state index contributed by atoms with van der Waals surface area (Å²) in [6.45, 7) is 11.1. The topological polar surface area (TPSA) is 40.1 Å². The molecule has 0 aliphatic carbocycles. The predicted octanol–water partition coefficient (Wildman–Crippen LogP) is 1.69. The van der Waals surface area contributed by atoms with E-state index in [1.54, 1.807) is 6.08 Å². The number of carboxylic acids is 1. The van der Waals surface area contributed by atoms with Gasteiger partial charge in [0.05, 0.1) is 0 Å². The van der Waals surface area contributed by atoms with Crippen LogP contribution in [0, 0.1) is 11.3 Å². The van der Waals surface area contributed by atoms with Crippen molar-refractivity contribution in [1.82, 2.24) is 0 Å². The van der Waals surface area contributed by atoms with Gasteiger partial charge >= 0.3 is 0 Å². The average Bonchev–Trinajstić information content (AvgIpc) is 2.01. The minimum atomic E-state index is -1.03. The van der Waals surface area contributed by atoms with Crippen molar-refractivity contribution in [2.75, 3.05) is 0 Å². The number of carboxylic acid groups (broad SMARTS) is 1. The third kappa shape index (κ3) is 5.39. The lowest BCUT2D eigenvalue weighted by Crippen LogP contribution is -2.26. The largest absolute Gasteiger partial charge is 0.550 e. The second kappa shape index (κ2) is 5.46. The Hall–Kier alpha value is -1.27. The molecule has 14 heavy (non-hydrogen) atoms. The molecule has 0 fully saturated rings. The van der Waals surface area contributed by atoms with E-state index < -0.39 is 5.97 Å². The van der Waals surface area contributed by atoms with Crippen molar-refractivity contribution in [3.8, 4) is 0 Å². The first-order valence-electron chi connectivity index (χ1n) is 4.60. The van der Waals surface area contributed by atoms with Crippen molar-refractivity contribution in [2.45, 2.75) is 26.7 Å². The molecule has 0 saturated carbocycles. The Morgan fingerprint density at radius 3 is 2.57 bits per heavy atom. The SMILES string of the molecule is C=C=CC(C)(C)CC(C=C)CC(=O)[O-]. The van der Waals surface area contributed by atoms with E-state index in [4.69, 9.17) is 0 Å². The van der Waals surface area contributed by atoms with Crippen LogP contribution < -0.4 is 5.11 Å². The van der Waals surface area contributed by atoms with Gasteiger partial charge in [-0.15, -0.1) is 12.3 Å². The Morgan fingerprint density at radius 2 is 2.21 bits per heavy atom. The fraction of sp³-hybridized carbons (Fsp3) is 0.500. The number of rotatable bonds is 6. The normalized spacial score (nSPS) is 12.7. The van der Waals surface area contributed by atoms with Gasteiger partial charge in [-0.25, -0.2) is 0 Å². The molecule has 0 aliphatic rings. The van der Waals surface area contributed by atoms with Gasteiger partial charge < -0.3 is 9.90 Å². The second-order valence-corrected chi connectivity index (χ2v) is 4.11. The van der Waals surface area contributed by atoms with E-state index in [1.165, 1.54) is 0 Å². The first-order valence-corrected chi connectivity index (χ1v) is 4.60. The van der Waals surface area contributed by atoms with Crippen LogP contribution in [0.2, 0.25) is 0 Å². The molecule has 78 valence electrons. The lowest BCUT2D eigenvalue weighted by atomic mass is 9.81. The number of hydrogen-bond donors (Lipinski definition) is 0. The monoisotopic (exact) mass is 193 g/mol. The Kier molecular flexibility index (Phi) is 4.96. The molecule has 0 aromatic heterocycles. The summed E-state index contributed by atoms with van der Waals surface area (Å²) in [5, 5.41) is 10.4. The maximum absolute atomic E-state index is 10.4. The Labute approximate surface area is 85.6 Å². The predicted molar refractivity (Wildman–Crippen MR) is 55.4 cm³/mol. The summed E-state index contributed by atoms with van der Waals surface area (Å²) in [5.41, 5.74) is 2.62. The smallest absolute Gasteiger partial charge is 0.0420 e. The van der Waals surface area contributed by atoms with E-state index in [-0.39, 0.29) is 17.8 Å². The molecule has 0 bridgehead atoms. The number of carbonyl (C=O) groups excluding carboxylic acids is 1. The van der Waals surface area contributed by atoms with Crippen molar-refractivity contribution in [3.63, 3.8) is 0 Å². The maximum Gasteiger partial charge on any atom is 0.0420 e. The van der Waals surface area contributed by atoms with E-state index in [2.05, 4.69) is 18.9 Å². The van der Waals surface area contributed by atoms with Gasteiger partial charge in [-0.3, -0.25) is 0 Å². The molecule has 2 nitrogen and oxygen atoms in total. The molecule has 0 aliphatic heterocycles. The maximum atomic E-state index is 10.4. The van der Waals surface area contributed by atoms with Crippen molar-refractivity contribution in [3.05, 3.63) is 31.0 Å². The standard InChI is InChI=1S/C12H18O2/c1-5-7-12(3,4)9-10(6-2)8-11(13)14/h6-7,10H,1-2,8-9H2,3-4H3,(H,13,14)/p-1. The van der Waals surface area contributed by atoms with Crippen LogP contribution in [0.4, 0.5) is 0 Å². The Balaban J connectivity index is 4.37. The van der Waals surface area contributed by atoms with Crippen LogP contribution in [0.15, 0.2) is 31.0 Å². The lowest BCUT2D eigenvalue weighted by molar-refractivity contribution is -0.306.